The van der Waals surface area contributed by atoms with Crippen LogP contribution < -0.4 is 9.54 Å². The summed E-state index contributed by atoms with van der Waals surface area (Å²) in [5.41, 5.74) is 0.171. The highest BCUT2D eigenvalue weighted by Crippen LogP contribution is 2.27. The molecule has 0 saturated carbocycles. The van der Waals surface area contributed by atoms with Crippen LogP contribution in [-0.2, 0) is 6.54 Å². The average molecular weight is 362 g/mol. The smallest absolute Gasteiger partial charge is 0.285 e. The lowest BCUT2D eigenvalue weighted by Gasteiger charge is -2.07. The van der Waals surface area contributed by atoms with Gasteiger partial charge in [-0.15, -0.1) is 0 Å². The van der Waals surface area contributed by atoms with Gasteiger partial charge in [0.2, 0.25) is 0 Å². The fraction of sp³-hybridized carbons (Fsp3) is 0.222. The first-order valence-corrected chi connectivity index (χ1v) is 8.66. The van der Waals surface area contributed by atoms with Crippen LogP contribution in [0.3, 0.4) is 0 Å². The van der Waals surface area contributed by atoms with Crippen molar-refractivity contribution in [2.45, 2.75) is 20.4 Å². The summed E-state index contributed by atoms with van der Waals surface area (Å²) in [5, 5.41) is 0. The van der Waals surface area contributed by atoms with Crippen LogP contribution in [0.1, 0.15) is 24.2 Å². The van der Waals surface area contributed by atoms with Crippen LogP contribution in [0.4, 0.5) is 8.78 Å². The summed E-state index contributed by atoms with van der Waals surface area (Å²) in [6, 6.07) is 8.87. The second kappa shape index (κ2) is 7.14. The van der Waals surface area contributed by atoms with Crippen molar-refractivity contribution in [3.63, 3.8) is 0 Å². The number of hydrogen-bond acceptors (Lipinski definition) is 3. The Balaban J connectivity index is 2.20. The summed E-state index contributed by atoms with van der Waals surface area (Å²) in [4.78, 5) is 16.7. The lowest BCUT2D eigenvalue weighted by molar-refractivity contribution is 0.0990. The standard InChI is InChI=1S/C18H16F2N2O2S/c1-3-22-16-13(24-4-2)9-6-10-14(16)25-18(22)21-17(23)15-11(19)7-5-8-12(15)20/h5-10H,3-4H2,1-2H3. The van der Waals surface area contributed by atoms with Crippen LogP contribution in [0, 0.1) is 11.6 Å². The number of fused-ring (bicyclic) bond motifs is 1. The van der Waals surface area contributed by atoms with Crippen molar-refractivity contribution in [1.82, 2.24) is 4.57 Å². The minimum Gasteiger partial charge on any atom is -0.492 e. The molecule has 0 N–H and O–H groups in total. The largest absolute Gasteiger partial charge is 0.492 e. The first-order chi connectivity index (χ1) is 12.1. The Morgan fingerprint density at radius 2 is 1.84 bits per heavy atom. The van der Waals surface area contributed by atoms with Gasteiger partial charge in [-0.1, -0.05) is 23.5 Å². The third-order valence-corrected chi connectivity index (χ3v) is 4.70. The van der Waals surface area contributed by atoms with E-state index in [1.54, 1.807) is 0 Å². The molecule has 0 spiro atoms. The molecule has 0 radical (unpaired) electrons. The molecular formula is C18H16F2N2O2S. The maximum atomic E-state index is 13.8. The van der Waals surface area contributed by atoms with E-state index < -0.39 is 23.1 Å². The normalized spacial score (nSPS) is 11.9. The number of carbonyl (C=O) groups is 1. The van der Waals surface area contributed by atoms with Gasteiger partial charge in [-0.05, 0) is 38.1 Å². The fourth-order valence-electron chi connectivity index (χ4n) is 2.59. The van der Waals surface area contributed by atoms with Crippen LogP contribution in [0.2, 0.25) is 0 Å². The van der Waals surface area contributed by atoms with Gasteiger partial charge in [-0.25, -0.2) is 8.78 Å². The Hall–Kier alpha value is -2.54. The molecule has 0 aliphatic rings. The van der Waals surface area contributed by atoms with Gasteiger partial charge >= 0.3 is 0 Å². The SMILES string of the molecule is CCOc1cccc2sc(=NC(=O)c3c(F)cccc3F)n(CC)c12. The Morgan fingerprint density at radius 1 is 1.16 bits per heavy atom. The molecule has 0 atom stereocenters. The molecule has 0 saturated heterocycles. The average Bonchev–Trinajstić information content (AvgIpc) is 2.93. The molecule has 0 aliphatic carbocycles. The molecule has 1 amide bonds. The third kappa shape index (κ3) is 3.19. The molecule has 0 fully saturated rings. The van der Waals surface area contributed by atoms with Crippen molar-refractivity contribution in [3.05, 3.63) is 58.4 Å². The Morgan fingerprint density at radius 3 is 2.48 bits per heavy atom. The number of thiazole rings is 1. The van der Waals surface area contributed by atoms with E-state index in [2.05, 4.69) is 4.99 Å². The number of hydrogen-bond donors (Lipinski definition) is 0. The predicted octanol–water partition coefficient (Wildman–Crippen LogP) is 4.14. The van der Waals surface area contributed by atoms with Crippen molar-refractivity contribution in [2.24, 2.45) is 4.99 Å². The Labute approximate surface area is 147 Å². The number of carbonyl (C=O) groups excluding carboxylic acids is 1. The second-order valence-corrected chi connectivity index (χ2v) is 6.19. The Bertz CT molecular complexity index is 988. The van der Waals surface area contributed by atoms with Crippen molar-refractivity contribution < 1.29 is 18.3 Å². The molecule has 0 aliphatic heterocycles. The number of halogens is 2. The van der Waals surface area contributed by atoms with Gasteiger partial charge in [-0.2, -0.15) is 4.99 Å². The minimum absolute atomic E-state index is 0.373. The van der Waals surface area contributed by atoms with Gasteiger partial charge in [-0.3, -0.25) is 4.79 Å². The highest BCUT2D eigenvalue weighted by atomic mass is 32.1. The molecule has 25 heavy (non-hydrogen) atoms. The van der Waals surface area contributed by atoms with E-state index in [-0.39, 0.29) is 0 Å². The summed E-state index contributed by atoms with van der Waals surface area (Å²) in [6.45, 7) is 4.83. The van der Waals surface area contributed by atoms with E-state index >= 15 is 0 Å². The van der Waals surface area contributed by atoms with E-state index in [0.29, 0.717) is 23.7 Å². The number of rotatable bonds is 4. The summed E-state index contributed by atoms with van der Waals surface area (Å²) in [7, 11) is 0. The van der Waals surface area contributed by atoms with Gasteiger partial charge in [0.1, 0.15) is 28.5 Å². The van der Waals surface area contributed by atoms with E-state index in [1.807, 2.05) is 36.6 Å². The zero-order chi connectivity index (χ0) is 18.0. The molecule has 130 valence electrons. The maximum Gasteiger partial charge on any atom is 0.285 e. The number of nitrogens with zero attached hydrogens (tertiary/aromatic N) is 2. The number of benzene rings is 2. The van der Waals surface area contributed by atoms with E-state index in [0.717, 1.165) is 22.3 Å². The van der Waals surface area contributed by atoms with Crippen LogP contribution >= 0.6 is 11.3 Å². The van der Waals surface area contributed by atoms with Gasteiger partial charge in [0.15, 0.2) is 4.80 Å². The molecule has 0 unspecified atom stereocenters. The number of ether oxygens (including phenoxy) is 1. The van der Waals surface area contributed by atoms with Crippen molar-refractivity contribution in [2.75, 3.05) is 6.61 Å². The van der Waals surface area contributed by atoms with Gasteiger partial charge in [0, 0.05) is 6.54 Å². The predicted molar refractivity (Wildman–Crippen MR) is 92.9 cm³/mol. The quantitative estimate of drug-likeness (QED) is 0.700. The number of amides is 1. The monoisotopic (exact) mass is 362 g/mol. The highest BCUT2D eigenvalue weighted by Gasteiger charge is 2.18. The third-order valence-electron chi connectivity index (χ3n) is 3.65. The van der Waals surface area contributed by atoms with Crippen LogP contribution in [0.25, 0.3) is 10.2 Å². The molecule has 1 heterocycles. The molecule has 0 bridgehead atoms. The lowest BCUT2D eigenvalue weighted by atomic mass is 10.2. The Kier molecular flexibility index (Phi) is 4.94. The minimum atomic E-state index is -0.942. The van der Waals surface area contributed by atoms with Crippen molar-refractivity contribution in [3.8, 4) is 5.75 Å². The number of aryl methyl sites for hydroxylation is 1. The first-order valence-electron chi connectivity index (χ1n) is 7.85. The highest BCUT2D eigenvalue weighted by molar-refractivity contribution is 7.16. The van der Waals surface area contributed by atoms with Crippen LogP contribution in [0.15, 0.2) is 41.4 Å². The fourth-order valence-corrected chi connectivity index (χ4v) is 3.70. The van der Waals surface area contributed by atoms with E-state index in [4.69, 9.17) is 4.74 Å². The maximum absolute atomic E-state index is 13.8. The van der Waals surface area contributed by atoms with Crippen molar-refractivity contribution >= 4 is 27.5 Å². The van der Waals surface area contributed by atoms with Gasteiger partial charge in [0.05, 0.1) is 11.3 Å². The van der Waals surface area contributed by atoms with Gasteiger partial charge < -0.3 is 9.30 Å². The zero-order valence-corrected chi connectivity index (χ0v) is 14.6. The van der Waals surface area contributed by atoms with E-state index in [9.17, 15) is 13.6 Å². The topological polar surface area (TPSA) is 43.6 Å². The first kappa shape index (κ1) is 17.3. The van der Waals surface area contributed by atoms with Crippen LogP contribution in [-0.4, -0.2) is 17.1 Å². The molecule has 2 aromatic carbocycles. The number of aromatic nitrogens is 1. The molecule has 4 nitrogen and oxygen atoms in total. The van der Waals surface area contributed by atoms with Crippen LogP contribution in [0.5, 0.6) is 5.75 Å². The second-order valence-electron chi connectivity index (χ2n) is 5.18. The molecule has 7 heteroatoms. The van der Waals surface area contributed by atoms with Crippen molar-refractivity contribution in [1.29, 1.82) is 0 Å². The molecule has 3 rings (SSSR count). The summed E-state index contributed by atoms with van der Waals surface area (Å²) in [6.07, 6.45) is 0. The van der Waals surface area contributed by atoms with E-state index in [1.165, 1.54) is 17.4 Å². The summed E-state index contributed by atoms with van der Waals surface area (Å²) < 4.78 is 36.0. The summed E-state index contributed by atoms with van der Waals surface area (Å²) >= 11 is 1.27. The molecule has 1 aromatic heterocycles. The zero-order valence-electron chi connectivity index (χ0n) is 13.8. The number of para-hydroxylation sites is 1. The lowest BCUT2D eigenvalue weighted by Crippen LogP contribution is -2.17. The molecule has 3 aromatic rings. The summed E-state index contributed by atoms with van der Waals surface area (Å²) in [5.74, 6) is -2.10. The molecular weight excluding hydrogens is 346 g/mol. The van der Waals surface area contributed by atoms with Gasteiger partial charge in [0.25, 0.3) is 5.91 Å².